The highest BCUT2D eigenvalue weighted by atomic mass is 79.9. The van der Waals surface area contributed by atoms with Crippen LogP contribution in [0.1, 0.15) is 73.1 Å². The van der Waals surface area contributed by atoms with Gasteiger partial charge in [0.2, 0.25) is 0 Å². The number of aryl methyl sites for hydroxylation is 2. The molecule has 0 fully saturated rings. The van der Waals surface area contributed by atoms with E-state index in [0.717, 1.165) is 64.9 Å². The van der Waals surface area contributed by atoms with Crippen LogP contribution in [0.2, 0.25) is 0 Å². The van der Waals surface area contributed by atoms with Crippen molar-refractivity contribution in [2.75, 3.05) is 6.54 Å². The second kappa shape index (κ2) is 11.9. The monoisotopic (exact) mass is 559 g/mol. The fourth-order valence-electron chi connectivity index (χ4n) is 5.27. The van der Waals surface area contributed by atoms with Gasteiger partial charge in [-0.05, 0) is 30.5 Å². The molecule has 1 unspecified atom stereocenters. The summed E-state index contributed by atoms with van der Waals surface area (Å²) in [6.45, 7) is 4.48. The van der Waals surface area contributed by atoms with E-state index in [4.69, 9.17) is 5.10 Å². The largest absolute Gasteiger partial charge is 0.337 e. The van der Waals surface area contributed by atoms with E-state index in [9.17, 15) is 4.79 Å². The lowest BCUT2D eigenvalue weighted by molar-refractivity contribution is 0.0734. The predicted octanol–water partition coefficient (Wildman–Crippen LogP) is 7.12. The summed E-state index contributed by atoms with van der Waals surface area (Å²) in [6.07, 6.45) is 12.3. The van der Waals surface area contributed by atoms with Crippen LogP contribution in [0.3, 0.4) is 0 Å². The van der Waals surface area contributed by atoms with Crippen LogP contribution in [0.4, 0.5) is 0 Å². The Morgan fingerprint density at radius 2 is 1.68 bits per heavy atom. The fraction of sp³-hybridized carbons (Fsp3) is 0.367. The Labute approximate surface area is 227 Å². The fourth-order valence-corrected chi connectivity index (χ4v) is 5.53. The van der Waals surface area contributed by atoms with Crippen LogP contribution in [0.25, 0.3) is 11.3 Å². The van der Waals surface area contributed by atoms with Crippen LogP contribution in [-0.4, -0.2) is 36.7 Å². The van der Waals surface area contributed by atoms with E-state index in [2.05, 4.69) is 68.8 Å². The van der Waals surface area contributed by atoms with E-state index in [1.807, 2.05) is 40.3 Å². The minimum atomic E-state index is -0.164. The maximum Gasteiger partial charge on any atom is 0.273 e. The first-order valence-electron chi connectivity index (χ1n) is 13.4. The van der Waals surface area contributed by atoms with Gasteiger partial charge in [-0.3, -0.25) is 9.48 Å². The predicted molar refractivity (Wildman–Crippen MR) is 150 cm³/mol. The van der Waals surface area contributed by atoms with Crippen molar-refractivity contribution in [1.29, 1.82) is 0 Å². The smallest absolute Gasteiger partial charge is 0.273 e. The van der Waals surface area contributed by atoms with Gasteiger partial charge in [0.1, 0.15) is 5.69 Å². The Balaban J connectivity index is 1.52. The zero-order chi connectivity index (χ0) is 25.6. The van der Waals surface area contributed by atoms with E-state index >= 15 is 0 Å². The van der Waals surface area contributed by atoms with Crippen molar-refractivity contribution in [1.82, 2.24) is 24.2 Å². The molecule has 1 aliphatic rings. The number of imidazole rings is 1. The summed E-state index contributed by atoms with van der Waals surface area (Å²) in [5.74, 6) is 0.0804. The van der Waals surface area contributed by atoms with Gasteiger partial charge < -0.3 is 9.47 Å². The maximum absolute atomic E-state index is 14.1. The average molecular weight is 561 g/mol. The molecule has 3 heterocycles. The number of fused-ring (bicyclic) bond motifs is 1. The van der Waals surface area contributed by atoms with Crippen molar-refractivity contribution >= 4 is 21.8 Å². The maximum atomic E-state index is 14.1. The first-order chi connectivity index (χ1) is 18.2. The van der Waals surface area contributed by atoms with Gasteiger partial charge in [0.25, 0.3) is 5.91 Å². The Morgan fingerprint density at radius 1 is 0.892 bits per heavy atom. The third-order valence-corrected chi connectivity index (χ3v) is 7.65. The van der Waals surface area contributed by atoms with Crippen LogP contribution in [0.15, 0.2) is 77.8 Å². The van der Waals surface area contributed by atoms with Gasteiger partial charge in [-0.1, -0.05) is 91.0 Å². The Bertz CT molecular complexity index is 1300. The lowest BCUT2D eigenvalue weighted by Crippen LogP contribution is -2.32. The van der Waals surface area contributed by atoms with Crippen molar-refractivity contribution in [3.8, 4) is 11.3 Å². The van der Waals surface area contributed by atoms with Gasteiger partial charge in [-0.25, -0.2) is 4.98 Å². The molecule has 0 saturated carbocycles. The molecule has 1 atom stereocenters. The summed E-state index contributed by atoms with van der Waals surface area (Å²) in [5.41, 5.74) is 4.87. The van der Waals surface area contributed by atoms with Crippen molar-refractivity contribution in [2.24, 2.45) is 0 Å². The zero-order valence-corrected chi connectivity index (χ0v) is 23.0. The molecular weight excluding hydrogens is 526 g/mol. The molecule has 2 aromatic carbocycles. The highest BCUT2D eigenvalue weighted by molar-refractivity contribution is 9.10. The normalized spacial score (nSPS) is 14.9. The molecule has 0 aliphatic carbocycles. The summed E-state index contributed by atoms with van der Waals surface area (Å²) in [5, 5.41) is 5.07. The van der Waals surface area contributed by atoms with Crippen LogP contribution < -0.4 is 0 Å². The number of unbranched alkanes of at least 4 members (excludes halogenated alkanes) is 4. The van der Waals surface area contributed by atoms with Gasteiger partial charge in [0.15, 0.2) is 0 Å². The number of benzene rings is 2. The van der Waals surface area contributed by atoms with Crippen LogP contribution in [0.5, 0.6) is 0 Å². The molecule has 0 radical (unpaired) electrons. The Kier molecular flexibility index (Phi) is 8.19. The molecule has 0 spiro atoms. The summed E-state index contributed by atoms with van der Waals surface area (Å²) in [6, 6.07) is 18.5. The molecule has 0 bridgehead atoms. The number of amides is 1. The lowest BCUT2D eigenvalue weighted by atomic mass is 9.96. The molecule has 7 heteroatoms. The van der Waals surface area contributed by atoms with Gasteiger partial charge in [0.05, 0.1) is 18.1 Å². The number of rotatable bonds is 12. The third-order valence-electron chi connectivity index (χ3n) is 7.12. The summed E-state index contributed by atoms with van der Waals surface area (Å²) in [4.78, 5) is 20.3. The zero-order valence-electron chi connectivity index (χ0n) is 21.4. The molecular formula is C30H34BrN5O. The molecule has 1 amide bonds. The summed E-state index contributed by atoms with van der Waals surface area (Å²) < 4.78 is 5.09. The van der Waals surface area contributed by atoms with E-state index in [-0.39, 0.29) is 11.9 Å². The van der Waals surface area contributed by atoms with E-state index in [1.54, 1.807) is 6.20 Å². The molecule has 5 rings (SSSR count). The first kappa shape index (κ1) is 25.5. The number of carbonyl (C=O) groups is 1. The van der Waals surface area contributed by atoms with E-state index in [1.165, 1.54) is 19.3 Å². The van der Waals surface area contributed by atoms with Crippen LogP contribution in [-0.2, 0) is 13.1 Å². The summed E-state index contributed by atoms with van der Waals surface area (Å²) >= 11 is 3.57. The standard InChI is InChI=1S/C30H34BrN5O/c1-2-3-4-5-9-20-36-29-26(27(33-36)23-11-7-6-8-12-23)28(24-13-15-25(31)16-14-24)35(30(29)37)19-10-18-34-21-17-32-22-34/h6-8,11-17,21-22,28H,2-5,9-10,18-20H2,1H3. The topological polar surface area (TPSA) is 56.0 Å². The number of aromatic nitrogens is 4. The summed E-state index contributed by atoms with van der Waals surface area (Å²) in [7, 11) is 0. The minimum Gasteiger partial charge on any atom is -0.337 e. The molecule has 37 heavy (non-hydrogen) atoms. The Morgan fingerprint density at radius 3 is 2.41 bits per heavy atom. The van der Waals surface area contributed by atoms with Gasteiger partial charge in [-0.2, -0.15) is 5.10 Å². The Hall–Kier alpha value is -3.19. The highest BCUT2D eigenvalue weighted by Crippen LogP contribution is 2.44. The van der Waals surface area contributed by atoms with E-state index < -0.39 is 0 Å². The van der Waals surface area contributed by atoms with Gasteiger partial charge in [0, 0.05) is 47.6 Å². The molecule has 6 nitrogen and oxygen atoms in total. The quantitative estimate of drug-likeness (QED) is 0.174. The number of hydrogen-bond acceptors (Lipinski definition) is 3. The second-order valence-electron chi connectivity index (χ2n) is 9.72. The second-order valence-corrected chi connectivity index (χ2v) is 10.6. The highest BCUT2D eigenvalue weighted by Gasteiger charge is 2.43. The van der Waals surface area contributed by atoms with Crippen molar-refractivity contribution in [3.63, 3.8) is 0 Å². The molecule has 192 valence electrons. The van der Waals surface area contributed by atoms with Crippen molar-refractivity contribution in [2.45, 2.75) is 64.6 Å². The molecule has 1 aliphatic heterocycles. The molecule has 2 aromatic heterocycles. The number of nitrogens with zero attached hydrogens (tertiary/aromatic N) is 5. The third kappa shape index (κ3) is 5.57. The lowest BCUT2D eigenvalue weighted by Gasteiger charge is -2.27. The van der Waals surface area contributed by atoms with Crippen molar-refractivity contribution in [3.05, 3.63) is 94.6 Å². The van der Waals surface area contributed by atoms with Crippen LogP contribution >= 0.6 is 15.9 Å². The van der Waals surface area contributed by atoms with Crippen molar-refractivity contribution < 1.29 is 4.79 Å². The number of halogens is 1. The van der Waals surface area contributed by atoms with E-state index in [0.29, 0.717) is 6.54 Å². The SMILES string of the molecule is CCCCCCCn1nc(-c2ccccc2)c2c1C(=O)N(CCCn1ccnc1)C2c1ccc(Br)cc1. The molecule has 0 N–H and O–H groups in total. The number of hydrogen-bond donors (Lipinski definition) is 0. The molecule has 0 saturated heterocycles. The number of carbonyl (C=O) groups excluding carboxylic acids is 1. The molecule has 4 aromatic rings. The van der Waals surface area contributed by atoms with Gasteiger partial charge in [-0.15, -0.1) is 0 Å². The minimum absolute atomic E-state index is 0.0804. The first-order valence-corrected chi connectivity index (χ1v) is 14.1. The van der Waals surface area contributed by atoms with Crippen LogP contribution in [0, 0.1) is 0 Å². The average Bonchev–Trinajstić information content (AvgIpc) is 3.63. The van der Waals surface area contributed by atoms with Gasteiger partial charge >= 0.3 is 0 Å².